The van der Waals surface area contributed by atoms with Crippen molar-refractivity contribution in [1.29, 1.82) is 0 Å². The van der Waals surface area contributed by atoms with Gasteiger partial charge < -0.3 is 9.84 Å². The average molecular weight is 229 g/mol. The zero-order chi connectivity index (χ0) is 11.8. The normalized spacial score (nSPS) is 24.6. The molecule has 16 heavy (non-hydrogen) atoms. The number of aliphatic hydroxyl groups excluding tert-OH is 1. The minimum absolute atomic E-state index is 0.181. The largest absolute Gasteiger partial charge is 0.392 e. The first kappa shape index (κ1) is 13.9. The van der Waals surface area contributed by atoms with Gasteiger partial charge in [0, 0.05) is 19.8 Å². The second kappa shape index (κ2) is 8.04. The predicted octanol–water partition coefficient (Wildman–Crippen LogP) is 2.04. The Kier molecular flexibility index (Phi) is 7.01. The van der Waals surface area contributed by atoms with Crippen molar-refractivity contribution in [3.05, 3.63) is 0 Å². The molecule has 0 aromatic carbocycles. The molecule has 1 aliphatic heterocycles. The van der Waals surface area contributed by atoms with Gasteiger partial charge >= 0.3 is 0 Å². The van der Waals surface area contributed by atoms with Crippen LogP contribution in [-0.4, -0.2) is 49.0 Å². The van der Waals surface area contributed by atoms with Crippen LogP contribution in [0.15, 0.2) is 0 Å². The van der Waals surface area contributed by atoms with Gasteiger partial charge in [-0.05, 0) is 52.1 Å². The summed E-state index contributed by atoms with van der Waals surface area (Å²) in [5.74, 6) is 0. The van der Waals surface area contributed by atoms with E-state index >= 15 is 0 Å². The highest BCUT2D eigenvalue weighted by Gasteiger charge is 2.25. The van der Waals surface area contributed by atoms with Gasteiger partial charge in [0.15, 0.2) is 0 Å². The monoisotopic (exact) mass is 229 g/mol. The van der Waals surface area contributed by atoms with Crippen LogP contribution in [0, 0.1) is 0 Å². The fourth-order valence-corrected chi connectivity index (χ4v) is 2.58. The van der Waals surface area contributed by atoms with Gasteiger partial charge in [-0.15, -0.1) is 0 Å². The predicted molar refractivity (Wildman–Crippen MR) is 66.6 cm³/mol. The van der Waals surface area contributed by atoms with E-state index < -0.39 is 0 Å². The number of ether oxygens (including phenoxy) is 1. The molecule has 1 aliphatic rings. The van der Waals surface area contributed by atoms with Crippen LogP contribution < -0.4 is 0 Å². The number of aliphatic hydroxyl groups is 1. The van der Waals surface area contributed by atoms with E-state index in [1.807, 2.05) is 6.92 Å². The fraction of sp³-hybridized carbons (Fsp3) is 1.00. The summed E-state index contributed by atoms with van der Waals surface area (Å²) in [6.45, 7) is 5.10. The van der Waals surface area contributed by atoms with Crippen LogP contribution in [0.1, 0.15) is 45.4 Å². The van der Waals surface area contributed by atoms with E-state index in [4.69, 9.17) is 4.74 Å². The Morgan fingerprint density at radius 2 is 2.12 bits per heavy atom. The smallest absolute Gasteiger partial charge is 0.0667 e. The molecule has 0 amide bonds. The highest BCUT2D eigenvalue weighted by molar-refractivity contribution is 4.80. The number of unbranched alkanes of at least 4 members (excludes halogenated alkanes) is 2. The molecule has 0 bridgehead atoms. The summed E-state index contributed by atoms with van der Waals surface area (Å²) < 4.78 is 5.04. The standard InChI is InChI=1S/C13H27NO2/c1-12(15)13-8-4-6-10-14(13)9-5-3-7-11-16-2/h12-13,15H,3-11H2,1-2H3. The van der Waals surface area contributed by atoms with Gasteiger partial charge in [0.25, 0.3) is 0 Å². The van der Waals surface area contributed by atoms with Gasteiger partial charge in [0.05, 0.1) is 6.10 Å². The summed E-state index contributed by atoms with van der Waals surface area (Å²) in [6.07, 6.45) is 7.17. The molecule has 0 aromatic rings. The van der Waals surface area contributed by atoms with E-state index in [1.165, 1.54) is 32.2 Å². The highest BCUT2D eigenvalue weighted by Crippen LogP contribution is 2.20. The molecule has 1 heterocycles. The zero-order valence-corrected chi connectivity index (χ0v) is 10.8. The molecule has 0 saturated carbocycles. The number of hydrogen-bond donors (Lipinski definition) is 1. The molecule has 1 rings (SSSR count). The first-order valence-electron chi connectivity index (χ1n) is 6.66. The Bertz CT molecular complexity index is 173. The van der Waals surface area contributed by atoms with Gasteiger partial charge in [-0.3, -0.25) is 4.90 Å². The number of rotatable bonds is 7. The maximum Gasteiger partial charge on any atom is 0.0667 e. The second-order valence-electron chi connectivity index (χ2n) is 4.89. The topological polar surface area (TPSA) is 32.7 Å². The lowest BCUT2D eigenvalue weighted by Gasteiger charge is -2.37. The summed E-state index contributed by atoms with van der Waals surface area (Å²) in [7, 11) is 1.76. The van der Waals surface area contributed by atoms with Gasteiger partial charge in [0.1, 0.15) is 0 Å². The van der Waals surface area contributed by atoms with Crippen molar-refractivity contribution in [3.8, 4) is 0 Å². The molecule has 1 saturated heterocycles. The fourth-order valence-electron chi connectivity index (χ4n) is 2.58. The number of piperidine rings is 1. The van der Waals surface area contributed by atoms with Crippen LogP contribution in [0.3, 0.4) is 0 Å². The molecule has 3 heteroatoms. The van der Waals surface area contributed by atoms with Gasteiger partial charge in [-0.25, -0.2) is 0 Å². The van der Waals surface area contributed by atoms with Crippen LogP contribution in [0.25, 0.3) is 0 Å². The first-order valence-corrected chi connectivity index (χ1v) is 6.66. The quantitative estimate of drug-likeness (QED) is 0.678. The molecule has 2 unspecified atom stereocenters. The minimum Gasteiger partial charge on any atom is -0.392 e. The maximum absolute atomic E-state index is 9.73. The molecule has 0 aliphatic carbocycles. The summed E-state index contributed by atoms with van der Waals surface area (Å²) in [6, 6.07) is 0.399. The summed E-state index contributed by atoms with van der Waals surface area (Å²) in [5.41, 5.74) is 0. The van der Waals surface area contributed by atoms with Gasteiger partial charge in [-0.1, -0.05) is 6.42 Å². The van der Waals surface area contributed by atoms with Crippen LogP contribution in [0.2, 0.25) is 0 Å². The lowest BCUT2D eigenvalue weighted by Crippen LogP contribution is -2.46. The number of nitrogens with zero attached hydrogens (tertiary/aromatic N) is 1. The molecule has 96 valence electrons. The molecule has 0 spiro atoms. The van der Waals surface area contributed by atoms with Crippen molar-refractivity contribution in [3.63, 3.8) is 0 Å². The van der Waals surface area contributed by atoms with Crippen molar-refractivity contribution < 1.29 is 9.84 Å². The van der Waals surface area contributed by atoms with Crippen molar-refractivity contribution in [2.45, 2.75) is 57.6 Å². The molecule has 0 aromatic heterocycles. The summed E-state index contributed by atoms with van der Waals surface area (Å²) >= 11 is 0. The van der Waals surface area contributed by atoms with E-state index in [2.05, 4.69) is 4.90 Å². The van der Waals surface area contributed by atoms with Crippen molar-refractivity contribution in [2.75, 3.05) is 26.8 Å². The summed E-state index contributed by atoms with van der Waals surface area (Å²) in [5, 5.41) is 9.73. The molecule has 1 N–H and O–H groups in total. The van der Waals surface area contributed by atoms with Gasteiger partial charge in [0.2, 0.25) is 0 Å². The van der Waals surface area contributed by atoms with Gasteiger partial charge in [-0.2, -0.15) is 0 Å². The minimum atomic E-state index is -0.181. The number of likely N-dealkylation sites (tertiary alicyclic amines) is 1. The molecule has 2 atom stereocenters. The Morgan fingerprint density at radius 3 is 2.81 bits per heavy atom. The molecule has 0 radical (unpaired) electrons. The van der Waals surface area contributed by atoms with Crippen LogP contribution in [0.5, 0.6) is 0 Å². The molecular weight excluding hydrogens is 202 g/mol. The van der Waals surface area contributed by atoms with E-state index in [1.54, 1.807) is 7.11 Å². The molecule has 3 nitrogen and oxygen atoms in total. The highest BCUT2D eigenvalue weighted by atomic mass is 16.5. The van der Waals surface area contributed by atoms with E-state index in [-0.39, 0.29) is 6.10 Å². The van der Waals surface area contributed by atoms with Crippen molar-refractivity contribution >= 4 is 0 Å². The Morgan fingerprint density at radius 1 is 1.31 bits per heavy atom. The third kappa shape index (κ3) is 4.81. The first-order chi connectivity index (χ1) is 7.75. The number of methoxy groups -OCH3 is 1. The lowest BCUT2D eigenvalue weighted by molar-refractivity contribution is 0.0352. The lowest BCUT2D eigenvalue weighted by atomic mass is 9.98. The maximum atomic E-state index is 9.73. The summed E-state index contributed by atoms with van der Waals surface area (Å²) in [4.78, 5) is 2.47. The Balaban J connectivity index is 2.17. The zero-order valence-electron chi connectivity index (χ0n) is 10.8. The third-order valence-corrected chi connectivity index (χ3v) is 3.51. The SMILES string of the molecule is COCCCCCN1CCCCC1C(C)O. The second-order valence-corrected chi connectivity index (χ2v) is 4.89. The van der Waals surface area contributed by atoms with Crippen LogP contribution >= 0.6 is 0 Å². The third-order valence-electron chi connectivity index (χ3n) is 3.51. The van der Waals surface area contributed by atoms with E-state index in [0.717, 1.165) is 26.0 Å². The Labute approximate surface area is 99.8 Å². The van der Waals surface area contributed by atoms with Crippen molar-refractivity contribution in [1.82, 2.24) is 4.90 Å². The number of hydrogen-bond acceptors (Lipinski definition) is 3. The molecule has 1 fully saturated rings. The van der Waals surface area contributed by atoms with Crippen LogP contribution in [-0.2, 0) is 4.74 Å². The average Bonchev–Trinajstić information content (AvgIpc) is 2.29. The molecular formula is C13H27NO2. The van der Waals surface area contributed by atoms with E-state index in [9.17, 15) is 5.11 Å². The Hall–Kier alpha value is -0.120. The van der Waals surface area contributed by atoms with Crippen molar-refractivity contribution in [2.24, 2.45) is 0 Å². The van der Waals surface area contributed by atoms with Crippen LogP contribution in [0.4, 0.5) is 0 Å². The van der Waals surface area contributed by atoms with E-state index in [0.29, 0.717) is 6.04 Å².